The van der Waals surface area contributed by atoms with Crippen LogP contribution in [0.5, 0.6) is 5.75 Å². The van der Waals surface area contributed by atoms with Gasteiger partial charge in [0, 0.05) is 46.2 Å². The topological polar surface area (TPSA) is 34.1 Å². The van der Waals surface area contributed by atoms with Crippen LogP contribution in [0.2, 0.25) is 10.0 Å². The maximum Gasteiger partial charge on any atom is 0.129 e. The van der Waals surface area contributed by atoms with E-state index in [1.54, 1.807) is 6.07 Å². The van der Waals surface area contributed by atoms with Crippen LogP contribution in [0.25, 0.3) is 10.8 Å². The molecule has 0 spiro atoms. The molecule has 4 nitrogen and oxygen atoms in total. The van der Waals surface area contributed by atoms with Gasteiger partial charge in [-0.3, -0.25) is 4.99 Å². The van der Waals surface area contributed by atoms with E-state index in [1.165, 1.54) is 5.69 Å². The number of halogens is 2. The van der Waals surface area contributed by atoms with Gasteiger partial charge in [-0.2, -0.15) is 0 Å². The first kappa shape index (κ1) is 22.7. The van der Waals surface area contributed by atoms with Gasteiger partial charge in [-0.05, 0) is 53.2 Å². The molecular weight excluding hydrogens is 467 g/mol. The number of anilines is 1. The van der Waals surface area contributed by atoms with Gasteiger partial charge in [-0.25, -0.2) is 0 Å². The van der Waals surface area contributed by atoms with Crippen LogP contribution in [0, 0.1) is 0 Å². The molecule has 1 aliphatic rings. The fraction of sp³-hybridized carbons (Fsp3) is 0.179. The maximum absolute atomic E-state index is 6.34. The summed E-state index contributed by atoms with van der Waals surface area (Å²) in [5.74, 6) is 0.749. The molecule has 1 heterocycles. The average Bonchev–Trinajstić information content (AvgIpc) is 2.88. The molecule has 4 aromatic rings. The lowest BCUT2D eigenvalue weighted by molar-refractivity contribution is 0.122. The Balaban J connectivity index is 1.41. The van der Waals surface area contributed by atoms with Crippen molar-refractivity contribution in [1.82, 2.24) is 0 Å². The minimum absolute atomic E-state index is 0.337. The minimum Gasteiger partial charge on any atom is -0.488 e. The molecule has 0 N–H and O–H groups in total. The molecule has 4 aromatic carbocycles. The molecule has 0 aromatic heterocycles. The third-order valence-corrected chi connectivity index (χ3v) is 6.48. The van der Waals surface area contributed by atoms with Gasteiger partial charge in [0.1, 0.15) is 12.4 Å². The van der Waals surface area contributed by atoms with E-state index in [1.807, 2.05) is 48.7 Å². The lowest BCUT2D eigenvalue weighted by Crippen LogP contribution is -2.36. The maximum atomic E-state index is 6.34. The first-order chi connectivity index (χ1) is 16.7. The Morgan fingerprint density at radius 3 is 2.50 bits per heavy atom. The van der Waals surface area contributed by atoms with Gasteiger partial charge in [-0.1, -0.05) is 59.6 Å². The van der Waals surface area contributed by atoms with Crippen molar-refractivity contribution in [3.63, 3.8) is 0 Å². The van der Waals surface area contributed by atoms with E-state index < -0.39 is 0 Å². The summed E-state index contributed by atoms with van der Waals surface area (Å²) in [7, 11) is 0. The Labute approximate surface area is 209 Å². The first-order valence-electron chi connectivity index (χ1n) is 11.2. The summed E-state index contributed by atoms with van der Waals surface area (Å²) >= 11 is 12.4. The van der Waals surface area contributed by atoms with Crippen LogP contribution in [-0.4, -0.2) is 32.5 Å². The SMILES string of the molecule is Clc1ccc(COc2ccc3ccccc3c2C=Nc2ccc(N3CCOCC3)cc2)c(Cl)c1. The van der Waals surface area contributed by atoms with Crippen LogP contribution < -0.4 is 9.64 Å². The number of aliphatic imine (C=N–C) groups is 1. The largest absolute Gasteiger partial charge is 0.488 e. The quantitative estimate of drug-likeness (QED) is 0.265. The van der Waals surface area contributed by atoms with Crippen LogP contribution >= 0.6 is 23.2 Å². The van der Waals surface area contributed by atoms with Crippen molar-refractivity contribution in [2.24, 2.45) is 4.99 Å². The molecular formula is C28H24Cl2N2O2. The van der Waals surface area contributed by atoms with Crippen molar-refractivity contribution in [2.45, 2.75) is 6.61 Å². The standard InChI is InChI=1S/C28H24Cl2N2O2/c29-22-7-5-21(27(30)17-22)19-34-28-12-6-20-3-1-2-4-25(20)26(28)18-31-23-8-10-24(11-9-23)32-13-15-33-16-14-32/h1-12,17-18H,13-16,19H2. The van der Waals surface area contributed by atoms with Crippen molar-refractivity contribution < 1.29 is 9.47 Å². The Morgan fingerprint density at radius 1 is 0.912 bits per heavy atom. The average molecular weight is 491 g/mol. The van der Waals surface area contributed by atoms with E-state index in [-0.39, 0.29) is 0 Å². The van der Waals surface area contributed by atoms with E-state index in [9.17, 15) is 0 Å². The summed E-state index contributed by atoms with van der Waals surface area (Å²) in [5, 5.41) is 3.40. The summed E-state index contributed by atoms with van der Waals surface area (Å²) in [6.07, 6.45) is 1.88. The highest BCUT2D eigenvalue weighted by Gasteiger charge is 2.11. The van der Waals surface area contributed by atoms with Gasteiger partial charge >= 0.3 is 0 Å². The second kappa shape index (κ2) is 10.5. The normalized spacial score (nSPS) is 14.1. The van der Waals surface area contributed by atoms with E-state index >= 15 is 0 Å². The number of ether oxygens (including phenoxy) is 2. The molecule has 0 bridgehead atoms. The molecule has 0 unspecified atom stereocenters. The second-order valence-corrected chi connectivity index (χ2v) is 8.94. The molecule has 0 atom stereocenters. The minimum atomic E-state index is 0.337. The number of hydrogen-bond acceptors (Lipinski definition) is 4. The Morgan fingerprint density at radius 2 is 1.71 bits per heavy atom. The molecule has 0 aliphatic carbocycles. The van der Waals surface area contributed by atoms with Crippen LogP contribution in [-0.2, 0) is 11.3 Å². The molecule has 0 amide bonds. The number of rotatable bonds is 6. The highest BCUT2D eigenvalue weighted by Crippen LogP contribution is 2.30. The van der Waals surface area contributed by atoms with Gasteiger partial charge in [0.15, 0.2) is 0 Å². The Kier molecular flexibility index (Phi) is 7.00. The predicted molar refractivity (Wildman–Crippen MR) is 141 cm³/mol. The van der Waals surface area contributed by atoms with E-state index in [2.05, 4.69) is 35.2 Å². The van der Waals surface area contributed by atoms with Gasteiger partial charge in [0.2, 0.25) is 0 Å². The zero-order chi connectivity index (χ0) is 23.3. The number of morpholine rings is 1. The van der Waals surface area contributed by atoms with Crippen molar-refractivity contribution in [3.05, 3.63) is 100 Å². The lowest BCUT2D eigenvalue weighted by atomic mass is 10.0. The van der Waals surface area contributed by atoms with Crippen LogP contribution in [0.1, 0.15) is 11.1 Å². The predicted octanol–water partition coefficient (Wildman–Crippen LogP) is 7.31. The molecule has 1 aliphatic heterocycles. The molecule has 6 heteroatoms. The summed E-state index contributed by atoms with van der Waals surface area (Å²) < 4.78 is 11.6. The lowest BCUT2D eigenvalue weighted by Gasteiger charge is -2.28. The monoisotopic (exact) mass is 490 g/mol. The zero-order valence-electron chi connectivity index (χ0n) is 18.6. The van der Waals surface area contributed by atoms with Crippen molar-refractivity contribution in [3.8, 4) is 5.75 Å². The number of nitrogens with zero attached hydrogens (tertiary/aromatic N) is 2. The molecule has 5 rings (SSSR count). The second-order valence-electron chi connectivity index (χ2n) is 8.10. The molecule has 172 valence electrons. The molecule has 34 heavy (non-hydrogen) atoms. The third-order valence-electron chi connectivity index (χ3n) is 5.90. The molecule has 1 saturated heterocycles. The molecule has 1 fully saturated rings. The molecule has 0 radical (unpaired) electrons. The third kappa shape index (κ3) is 5.20. The summed E-state index contributed by atoms with van der Waals surface area (Å²) in [5.41, 5.74) is 3.88. The van der Waals surface area contributed by atoms with Gasteiger partial charge in [-0.15, -0.1) is 0 Å². The van der Waals surface area contributed by atoms with Crippen molar-refractivity contribution in [1.29, 1.82) is 0 Å². The summed E-state index contributed by atoms with van der Waals surface area (Å²) in [6, 6.07) is 26.0. The summed E-state index contributed by atoms with van der Waals surface area (Å²) in [6.45, 7) is 3.70. The van der Waals surface area contributed by atoms with Crippen molar-refractivity contribution >= 4 is 51.6 Å². The van der Waals surface area contributed by atoms with Crippen molar-refractivity contribution in [2.75, 3.05) is 31.2 Å². The Bertz CT molecular complexity index is 1320. The van der Waals surface area contributed by atoms with E-state index in [4.69, 9.17) is 37.7 Å². The van der Waals surface area contributed by atoms with Gasteiger partial charge < -0.3 is 14.4 Å². The Hall–Kier alpha value is -3.05. The number of fused-ring (bicyclic) bond motifs is 1. The zero-order valence-corrected chi connectivity index (χ0v) is 20.1. The van der Waals surface area contributed by atoms with Crippen LogP contribution in [0.4, 0.5) is 11.4 Å². The van der Waals surface area contributed by atoms with E-state index in [0.717, 1.165) is 59.6 Å². The van der Waals surface area contributed by atoms with Crippen LogP contribution in [0.15, 0.2) is 83.9 Å². The fourth-order valence-corrected chi connectivity index (χ4v) is 4.50. The summed E-state index contributed by atoms with van der Waals surface area (Å²) in [4.78, 5) is 7.09. The first-order valence-corrected chi connectivity index (χ1v) is 12.0. The highest BCUT2D eigenvalue weighted by molar-refractivity contribution is 6.35. The van der Waals surface area contributed by atoms with Gasteiger partial charge in [0.05, 0.1) is 18.9 Å². The fourth-order valence-electron chi connectivity index (χ4n) is 4.04. The van der Waals surface area contributed by atoms with Crippen LogP contribution in [0.3, 0.4) is 0 Å². The number of benzene rings is 4. The van der Waals surface area contributed by atoms with Gasteiger partial charge in [0.25, 0.3) is 0 Å². The van der Waals surface area contributed by atoms with E-state index in [0.29, 0.717) is 16.7 Å². The smallest absolute Gasteiger partial charge is 0.129 e. The number of hydrogen-bond donors (Lipinski definition) is 0. The molecule has 0 saturated carbocycles. The highest BCUT2D eigenvalue weighted by atomic mass is 35.5.